The number of hydrogen-bond donors (Lipinski definition) is 4. The number of anilines is 1. The Kier molecular flexibility index (Phi) is 8.72. The van der Waals surface area contributed by atoms with Crippen LogP contribution in [-0.2, 0) is 20.8 Å². The van der Waals surface area contributed by atoms with Crippen molar-refractivity contribution in [1.82, 2.24) is 24.8 Å². The lowest BCUT2D eigenvalue weighted by molar-refractivity contribution is -0.118. The van der Waals surface area contributed by atoms with Crippen molar-refractivity contribution in [2.24, 2.45) is 5.73 Å². The molecule has 1 amide bonds. The highest BCUT2D eigenvalue weighted by Crippen LogP contribution is 2.31. The van der Waals surface area contributed by atoms with Gasteiger partial charge >= 0.3 is 0 Å². The summed E-state index contributed by atoms with van der Waals surface area (Å²) in [7, 11) is 0. The number of carbonyl (C=O) groups is 1. The second-order valence-electron chi connectivity index (χ2n) is 10.1. The van der Waals surface area contributed by atoms with E-state index >= 15 is 0 Å². The number of primary amides is 1. The summed E-state index contributed by atoms with van der Waals surface area (Å²) in [6.07, 6.45) is 10.6. The van der Waals surface area contributed by atoms with E-state index in [0.29, 0.717) is 40.6 Å². The standard InChI is InChI=1S/C26H38N8O4/c27-15-19(16-29-18-6-11-36-12-7-18)30-26-31-22-5-8-34(17-23(28)35)24(22)25(32-26)38-21-3-1-20(2-4-21)33-9-13-37-14-10-33/h5,8,15-16,18,20-21,27,29H,1-4,6-7,9-14,17H2,(H2,28,35)(H,30,31,32)/b19-16+,27-15?/t20-,21-. The third kappa shape index (κ3) is 6.61. The van der Waals surface area contributed by atoms with Gasteiger partial charge < -0.3 is 40.6 Å². The molecule has 206 valence electrons. The van der Waals surface area contributed by atoms with E-state index in [-0.39, 0.29) is 12.6 Å². The van der Waals surface area contributed by atoms with Crippen LogP contribution < -0.4 is 21.1 Å². The number of morpholine rings is 1. The van der Waals surface area contributed by atoms with Gasteiger partial charge in [0.15, 0.2) is 0 Å². The van der Waals surface area contributed by atoms with Crippen LogP contribution in [0.25, 0.3) is 11.0 Å². The SMILES string of the molecule is N=C/C(=C\NC1CCOCC1)Nc1nc(O[C@H]2CC[C@H](N3CCOCC3)CC2)c2c(ccn2CC(N)=O)n1. The number of hydrogen-bond acceptors (Lipinski definition) is 10. The zero-order valence-corrected chi connectivity index (χ0v) is 21.7. The van der Waals surface area contributed by atoms with Gasteiger partial charge in [0.1, 0.15) is 18.2 Å². The van der Waals surface area contributed by atoms with Gasteiger partial charge in [-0.05, 0) is 44.6 Å². The summed E-state index contributed by atoms with van der Waals surface area (Å²) in [5, 5.41) is 14.4. The van der Waals surface area contributed by atoms with E-state index in [1.54, 1.807) is 17.0 Å². The molecule has 2 aliphatic heterocycles. The van der Waals surface area contributed by atoms with Gasteiger partial charge in [-0.25, -0.2) is 4.98 Å². The second kappa shape index (κ2) is 12.5. The maximum atomic E-state index is 11.7. The Morgan fingerprint density at radius 1 is 1.11 bits per heavy atom. The first-order valence-corrected chi connectivity index (χ1v) is 13.5. The van der Waals surface area contributed by atoms with E-state index in [1.807, 2.05) is 6.07 Å². The molecule has 3 aliphatic rings. The average molecular weight is 527 g/mol. The van der Waals surface area contributed by atoms with Crippen molar-refractivity contribution in [3.05, 3.63) is 24.2 Å². The monoisotopic (exact) mass is 526 g/mol. The molecule has 0 unspecified atom stereocenters. The molecular weight excluding hydrogens is 488 g/mol. The predicted octanol–water partition coefficient (Wildman–Crippen LogP) is 1.61. The number of rotatable bonds is 10. The van der Waals surface area contributed by atoms with Crippen LogP contribution in [0.2, 0.25) is 0 Å². The lowest BCUT2D eigenvalue weighted by Gasteiger charge is -2.38. The molecular formula is C26H38N8O4. The van der Waals surface area contributed by atoms with Crippen LogP contribution in [0.3, 0.4) is 0 Å². The summed E-state index contributed by atoms with van der Waals surface area (Å²) in [5.41, 5.74) is 7.31. The Hall–Kier alpha value is -3.22. The maximum absolute atomic E-state index is 11.7. The fraction of sp³-hybridized carbons (Fsp3) is 0.615. The number of ether oxygens (including phenoxy) is 3. The topological polar surface area (TPSA) is 153 Å². The molecule has 38 heavy (non-hydrogen) atoms. The minimum absolute atomic E-state index is 0.0143. The van der Waals surface area contributed by atoms with E-state index in [9.17, 15) is 4.79 Å². The Bertz CT molecular complexity index is 1130. The number of nitrogens with zero attached hydrogens (tertiary/aromatic N) is 4. The van der Waals surface area contributed by atoms with Crippen LogP contribution in [0.1, 0.15) is 38.5 Å². The van der Waals surface area contributed by atoms with E-state index < -0.39 is 5.91 Å². The number of fused-ring (bicyclic) bond motifs is 1. The molecule has 0 spiro atoms. The summed E-state index contributed by atoms with van der Waals surface area (Å²) in [6, 6.07) is 2.68. The molecule has 12 nitrogen and oxygen atoms in total. The normalized spacial score (nSPS) is 23.7. The fourth-order valence-corrected chi connectivity index (χ4v) is 5.45. The van der Waals surface area contributed by atoms with Crippen LogP contribution in [0.15, 0.2) is 24.2 Å². The van der Waals surface area contributed by atoms with Crippen LogP contribution in [0.4, 0.5) is 5.95 Å². The number of nitrogens with one attached hydrogen (secondary N) is 3. The number of amides is 1. The summed E-state index contributed by atoms with van der Waals surface area (Å²) in [5.74, 6) is 0.296. The quantitative estimate of drug-likeness (QED) is 0.338. The Balaban J connectivity index is 1.32. The summed E-state index contributed by atoms with van der Waals surface area (Å²) in [6.45, 7) is 5.07. The van der Waals surface area contributed by atoms with Gasteiger partial charge in [0.25, 0.3) is 0 Å². The number of carbonyl (C=O) groups excluding carboxylic acids is 1. The van der Waals surface area contributed by atoms with E-state index in [4.69, 9.17) is 30.3 Å². The van der Waals surface area contributed by atoms with Gasteiger partial charge in [-0.3, -0.25) is 9.69 Å². The third-order valence-corrected chi connectivity index (χ3v) is 7.50. The Labute approximate surface area is 222 Å². The largest absolute Gasteiger partial charge is 0.473 e. The molecule has 5 rings (SSSR count). The molecule has 3 fully saturated rings. The molecule has 0 atom stereocenters. The van der Waals surface area contributed by atoms with Gasteiger partial charge in [-0.15, -0.1) is 0 Å². The van der Waals surface area contributed by atoms with Crippen LogP contribution >= 0.6 is 0 Å². The van der Waals surface area contributed by atoms with Crippen molar-refractivity contribution >= 4 is 29.1 Å². The minimum Gasteiger partial charge on any atom is -0.473 e. The smallest absolute Gasteiger partial charge is 0.243 e. The highest BCUT2D eigenvalue weighted by molar-refractivity contribution is 5.85. The zero-order valence-electron chi connectivity index (χ0n) is 21.7. The lowest BCUT2D eigenvalue weighted by Crippen LogP contribution is -2.46. The summed E-state index contributed by atoms with van der Waals surface area (Å²) in [4.78, 5) is 23.5. The minimum atomic E-state index is -0.449. The number of aromatic nitrogens is 3. The van der Waals surface area contributed by atoms with E-state index in [1.165, 1.54) is 6.21 Å². The molecule has 5 N–H and O–H groups in total. The fourth-order valence-electron chi connectivity index (χ4n) is 5.45. The molecule has 2 aromatic heterocycles. The molecule has 12 heteroatoms. The van der Waals surface area contributed by atoms with Crippen molar-refractivity contribution in [2.45, 2.75) is 63.3 Å². The molecule has 0 radical (unpaired) electrons. The Morgan fingerprint density at radius 3 is 2.55 bits per heavy atom. The molecule has 0 aromatic carbocycles. The van der Waals surface area contributed by atoms with Crippen molar-refractivity contribution in [3.8, 4) is 5.88 Å². The molecule has 2 saturated heterocycles. The van der Waals surface area contributed by atoms with Gasteiger partial charge in [-0.1, -0.05) is 0 Å². The average Bonchev–Trinajstić information content (AvgIpc) is 3.34. The first-order chi connectivity index (χ1) is 18.6. The van der Waals surface area contributed by atoms with Gasteiger partial charge in [0.2, 0.25) is 17.7 Å². The maximum Gasteiger partial charge on any atom is 0.243 e. The molecule has 1 saturated carbocycles. The van der Waals surface area contributed by atoms with E-state index in [2.05, 4.69) is 20.5 Å². The van der Waals surface area contributed by atoms with Crippen molar-refractivity contribution in [1.29, 1.82) is 5.41 Å². The van der Waals surface area contributed by atoms with Crippen LogP contribution in [0, 0.1) is 5.41 Å². The number of allylic oxidation sites excluding steroid dienone is 1. The van der Waals surface area contributed by atoms with Crippen LogP contribution in [0.5, 0.6) is 5.88 Å². The van der Waals surface area contributed by atoms with Gasteiger partial charge in [0.05, 0.1) is 24.4 Å². The molecule has 0 bridgehead atoms. The third-order valence-electron chi connectivity index (χ3n) is 7.50. The molecule has 2 aromatic rings. The van der Waals surface area contributed by atoms with Crippen molar-refractivity contribution < 1.29 is 19.0 Å². The van der Waals surface area contributed by atoms with Crippen molar-refractivity contribution in [2.75, 3.05) is 44.8 Å². The first-order valence-electron chi connectivity index (χ1n) is 13.5. The highest BCUT2D eigenvalue weighted by Gasteiger charge is 2.29. The number of nitrogens with two attached hydrogens (primary N) is 1. The molecule has 4 heterocycles. The summed E-state index contributed by atoms with van der Waals surface area (Å²) >= 11 is 0. The lowest BCUT2D eigenvalue weighted by atomic mass is 9.91. The highest BCUT2D eigenvalue weighted by atomic mass is 16.5. The van der Waals surface area contributed by atoms with E-state index in [0.717, 1.165) is 78.0 Å². The second-order valence-corrected chi connectivity index (χ2v) is 10.1. The predicted molar refractivity (Wildman–Crippen MR) is 143 cm³/mol. The summed E-state index contributed by atoms with van der Waals surface area (Å²) < 4.78 is 19.1. The Morgan fingerprint density at radius 2 is 1.84 bits per heavy atom. The van der Waals surface area contributed by atoms with Gasteiger partial charge in [0, 0.05) is 57.0 Å². The van der Waals surface area contributed by atoms with Crippen LogP contribution in [-0.4, -0.2) is 89.3 Å². The first kappa shape index (κ1) is 26.4. The zero-order chi connectivity index (χ0) is 26.3. The van der Waals surface area contributed by atoms with Crippen molar-refractivity contribution in [3.63, 3.8) is 0 Å². The van der Waals surface area contributed by atoms with Gasteiger partial charge in [-0.2, -0.15) is 4.98 Å². The molecule has 1 aliphatic carbocycles.